The number of methoxy groups -OCH3 is 1. The molecular formula is C22H21F5N4O4. The number of halogens is 5. The fourth-order valence-corrected chi connectivity index (χ4v) is 4.45. The summed E-state index contributed by atoms with van der Waals surface area (Å²) in [7, 11) is 2.31. The number of carbonyl (C=O) groups is 1. The van der Waals surface area contributed by atoms with Crippen molar-refractivity contribution in [3.8, 4) is 5.75 Å². The number of H-pyrrole nitrogens is 1. The molecule has 188 valence electrons. The Labute approximate surface area is 195 Å². The topological polar surface area (TPSA) is 98.4 Å². The molecule has 0 aliphatic carbocycles. The Morgan fingerprint density at radius 2 is 1.94 bits per heavy atom. The summed E-state index contributed by atoms with van der Waals surface area (Å²) in [6, 6.07) is 3.46. The maximum absolute atomic E-state index is 14.5. The van der Waals surface area contributed by atoms with Crippen LogP contribution in [0.2, 0.25) is 0 Å². The van der Waals surface area contributed by atoms with Gasteiger partial charge in [0.05, 0.1) is 19.7 Å². The van der Waals surface area contributed by atoms with Crippen molar-refractivity contribution in [1.29, 1.82) is 0 Å². The van der Waals surface area contributed by atoms with Crippen LogP contribution >= 0.6 is 0 Å². The third-order valence-corrected chi connectivity index (χ3v) is 6.41. The van der Waals surface area contributed by atoms with Gasteiger partial charge in [-0.15, -0.1) is 0 Å². The maximum atomic E-state index is 14.5. The highest BCUT2D eigenvalue weighted by Crippen LogP contribution is 2.59. The van der Waals surface area contributed by atoms with Gasteiger partial charge in [-0.2, -0.15) is 17.6 Å². The lowest BCUT2D eigenvalue weighted by molar-refractivity contribution is -0.275. The van der Waals surface area contributed by atoms with Crippen LogP contribution in [0.25, 0.3) is 11.0 Å². The average Bonchev–Trinajstić information content (AvgIpc) is 3.35. The highest BCUT2D eigenvalue weighted by Gasteiger charge is 2.65. The molecule has 4 atom stereocenters. The second-order valence-electron chi connectivity index (χ2n) is 8.25. The Morgan fingerprint density at radius 1 is 1.23 bits per heavy atom. The number of carbonyl (C=O) groups excluding carboxylic acids is 1. The number of nitrogens with one attached hydrogen (secondary N) is 2. The Morgan fingerprint density at radius 3 is 2.57 bits per heavy atom. The zero-order chi connectivity index (χ0) is 25.7. The van der Waals surface area contributed by atoms with Gasteiger partial charge in [0.2, 0.25) is 5.82 Å². The van der Waals surface area contributed by atoms with Crippen molar-refractivity contribution >= 4 is 16.9 Å². The van der Waals surface area contributed by atoms with E-state index in [1.54, 1.807) is 0 Å². The van der Waals surface area contributed by atoms with E-state index in [1.807, 2.05) is 0 Å². The van der Waals surface area contributed by atoms with Gasteiger partial charge in [-0.25, -0.2) is 19.8 Å². The first-order chi connectivity index (χ1) is 16.4. The number of pyridine rings is 1. The summed E-state index contributed by atoms with van der Waals surface area (Å²) in [6.45, 7) is 2.19. The molecule has 0 bridgehead atoms. The number of rotatable bonds is 5. The van der Waals surface area contributed by atoms with Crippen LogP contribution in [0.5, 0.6) is 5.75 Å². The summed E-state index contributed by atoms with van der Waals surface area (Å²) in [4.78, 5) is 28.1. The van der Waals surface area contributed by atoms with E-state index in [2.05, 4.69) is 25.3 Å². The first kappa shape index (κ1) is 24.8. The van der Waals surface area contributed by atoms with Crippen molar-refractivity contribution in [2.24, 2.45) is 5.92 Å². The molecule has 3 aromatic rings. The third kappa shape index (κ3) is 3.88. The number of amides is 1. The molecule has 1 aromatic carbocycles. The van der Waals surface area contributed by atoms with Gasteiger partial charge in [-0.3, -0.25) is 9.63 Å². The Balaban J connectivity index is 1.91. The summed E-state index contributed by atoms with van der Waals surface area (Å²) < 4.78 is 81.5. The maximum Gasteiger partial charge on any atom is 0.417 e. The molecule has 1 fully saturated rings. The lowest BCUT2D eigenvalue weighted by Gasteiger charge is -2.32. The number of imidazole rings is 1. The van der Waals surface area contributed by atoms with Crippen LogP contribution in [0, 0.1) is 17.6 Å². The van der Waals surface area contributed by atoms with Gasteiger partial charge in [-0.05, 0) is 19.1 Å². The Hall–Kier alpha value is -3.32. The number of hydrogen-bond acceptors (Lipinski definition) is 6. The smallest absolute Gasteiger partial charge is 0.417 e. The van der Waals surface area contributed by atoms with Gasteiger partial charge in [0.1, 0.15) is 17.4 Å². The van der Waals surface area contributed by atoms with Gasteiger partial charge in [0.25, 0.3) is 5.91 Å². The van der Waals surface area contributed by atoms with E-state index in [4.69, 9.17) is 9.47 Å². The van der Waals surface area contributed by atoms with E-state index in [9.17, 15) is 26.7 Å². The molecule has 13 heteroatoms. The number of aromatic nitrogens is 3. The second-order valence-corrected chi connectivity index (χ2v) is 8.25. The summed E-state index contributed by atoms with van der Waals surface area (Å²) >= 11 is 0. The first-order valence-corrected chi connectivity index (χ1v) is 10.4. The number of fused-ring (bicyclic) bond motifs is 1. The van der Waals surface area contributed by atoms with E-state index < -0.39 is 53.0 Å². The minimum Gasteiger partial charge on any atom is -0.493 e. The van der Waals surface area contributed by atoms with Crippen LogP contribution < -0.4 is 10.2 Å². The lowest BCUT2D eigenvalue weighted by atomic mass is 9.77. The molecule has 35 heavy (non-hydrogen) atoms. The zero-order valence-corrected chi connectivity index (χ0v) is 19.0. The number of hydrogen-bond donors (Lipinski definition) is 2. The number of ether oxygens (including phenoxy) is 2. The molecule has 0 radical (unpaired) electrons. The molecule has 1 aliphatic heterocycles. The first-order valence-electron chi connectivity index (χ1n) is 10.4. The number of benzene rings is 1. The predicted octanol–water partition coefficient (Wildman–Crippen LogP) is 4.35. The van der Waals surface area contributed by atoms with E-state index in [1.165, 1.54) is 32.4 Å². The summed E-state index contributed by atoms with van der Waals surface area (Å²) in [5.74, 6) is -6.28. The van der Waals surface area contributed by atoms with E-state index >= 15 is 0 Å². The fraction of sp³-hybridized carbons (Fsp3) is 0.409. The molecule has 8 nitrogen and oxygen atoms in total. The number of alkyl halides is 3. The second kappa shape index (κ2) is 8.72. The Kier molecular flexibility index (Phi) is 6.18. The fourth-order valence-electron chi connectivity index (χ4n) is 4.45. The van der Waals surface area contributed by atoms with E-state index in [0.717, 1.165) is 20.1 Å². The van der Waals surface area contributed by atoms with Gasteiger partial charge in [-0.1, -0.05) is 13.0 Å². The molecule has 0 unspecified atom stereocenters. The molecule has 4 rings (SSSR count). The van der Waals surface area contributed by atoms with Crippen molar-refractivity contribution in [3.05, 3.63) is 53.1 Å². The molecule has 2 N–H and O–H groups in total. The highest BCUT2D eigenvalue weighted by molar-refractivity contribution is 6.02. The number of hydroxylamine groups is 1. The number of aromatic amines is 1. The molecule has 0 saturated carbocycles. The minimum absolute atomic E-state index is 0.0206. The van der Waals surface area contributed by atoms with Gasteiger partial charge >= 0.3 is 6.18 Å². The molecule has 1 saturated heterocycles. The monoisotopic (exact) mass is 500 g/mol. The average molecular weight is 500 g/mol. The van der Waals surface area contributed by atoms with Crippen molar-refractivity contribution in [1.82, 2.24) is 20.4 Å². The summed E-state index contributed by atoms with van der Waals surface area (Å²) in [5, 5.41) is 0. The molecule has 0 spiro atoms. The zero-order valence-electron chi connectivity index (χ0n) is 19.0. The third-order valence-electron chi connectivity index (χ3n) is 6.41. The summed E-state index contributed by atoms with van der Waals surface area (Å²) in [5.41, 5.74) is -0.361. The van der Waals surface area contributed by atoms with Crippen LogP contribution in [0.4, 0.5) is 22.0 Å². The minimum atomic E-state index is -4.80. The molecular weight excluding hydrogens is 479 g/mol. The van der Waals surface area contributed by atoms with Crippen molar-refractivity contribution in [2.75, 3.05) is 14.2 Å². The molecule has 3 heterocycles. The standard InChI is InChI=1S/C22H21F5N4O4/c1-9-13(10-5-6-11(23)14(24)17(10)33-3)18(35-21(9,2)22(25,26)27)19-29-12-7-8-28-16(15(12)30-19)20(32)31-34-4/h5-9,13,18H,1-4H3,(H,29,30)(H,31,32)/t9-,13-,18+,21+/m0/s1. The lowest BCUT2D eigenvalue weighted by Crippen LogP contribution is -2.46. The number of nitrogens with zero attached hydrogens (tertiary/aromatic N) is 2. The summed E-state index contributed by atoms with van der Waals surface area (Å²) in [6.07, 6.45) is -4.88. The predicted molar refractivity (Wildman–Crippen MR) is 111 cm³/mol. The largest absolute Gasteiger partial charge is 0.493 e. The molecule has 2 aromatic heterocycles. The normalized spacial score (nSPS) is 24.7. The van der Waals surface area contributed by atoms with Crippen LogP contribution in [-0.4, -0.2) is 46.9 Å². The van der Waals surface area contributed by atoms with Crippen LogP contribution in [0.15, 0.2) is 24.4 Å². The Bertz CT molecular complexity index is 1280. The van der Waals surface area contributed by atoms with Gasteiger partial charge < -0.3 is 14.5 Å². The van der Waals surface area contributed by atoms with Gasteiger partial charge in [0.15, 0.2) is 22.9 Å². The van der Waals surface area contributed by atoms with Crippen LogP contribution in [-0.2, 0) is 9.57 Å². The highest BCUT2D eigenvalue weighted by atomic mass is 19.4. The van der Waals surface area contributed by atoms with Crippen LogP contribution in [0.1, 0.15) is 47.7 Å². The SMILES string of the molecule is CONC(=O)c1nccc2[nH]c([C@@H]3O[C@@](C)(C(F)(F)F)[C@@H](C)[C@H]3c3ccc(F)c(F)c3OC)nc12. The quantitative estimate of drug-likeness (QED) is 0.400. The van der Waals surface area contributed by atoms with Crippen molar-refractivity contribution < 1.29 is 41.1 Å². The van der Waals surface area contributed by atoms with Crippen molar-refractivity contribution in [3.63, 3.8) is 0 Å². The van der Waals surface area contributed by atoms with Gasteiger partial charge in [0, 0.05) is 23.6 Å². The van der Waals surface area contributed by atoms with E-state index in [0.29, 0.717) is 5.52 Å². The molecule has 1 amide bonds. The molecule has 1 aliphatic rings. The van der Waals surface area contributed by atoms with Crippen molar-refractivity contribution in [2.45, 2.75) is 37.6 Å². The van der Waals surface area contributed by atoms with Crippen LogP contribution in [0.3, 0.4) is 0 Å². The van der Waals surface area contributed by atoms with E-state index in [-0.39, 0.29) is 22.6 Å².